The summed E-state index contributed by atoms with van der Waals surface area (Å²) in [6.07, 6.45) is 0.566. The van der Waals surface area contributed by atoms with Crippen molar-refractivity contribution in [3.8, 4) is 0 Å². The highest BCUT2D eigenvalue weighted by Gasteiger charge is 2.22. The number of benzene rings is 1. The fourth-order valence-electron chi connectivity index (χ4n) is 1.91. The van der Waals surface area contributed by atoms with Gasteiger partial charge in [0.2, 0.25) is 0 Å². The molecule has 0 spiro atoms. The van der Waals surface area contributed by atoms with Gasteiger partial charge in [-0.2, -0.15) is 0 Å². The van der Waals surface area contributed by atoms with Gasteiger partial charge in [0.25, 0.3) is 11.6 Å². The molecular weight excluding hydrogens is 292 g/mol. The molecule has 0 aliphatic carbocycles. The average Bonchev–Trinajstić information content (AvgIpc) is 2.50. The molecule has 8 heteroatoms. The van der Waals surface area contributed by atoms with E-state index in [1.807, 2.05) is 0 Å². The molecule has 0 fully saturated rings. The van der Waals surface area contributed by atoms with Crippen LogP contribution in [0.25, 0.3) is 0 Å². The van der Waals surface area contributed by atoms with E-state index in [-0.39, 0.29) is 24.3 Å². The molecule has 0 radical (unpaired) electrons. The first-order chi connectivity index (χ1) is 10.4. The molecule has 1 aromatic carbocycles. The Balaban J connectivity index is 2.95. The van der Waals surface area contributed by atoms with Gasteiger partial charge in [-0.1, -0.05) is 13.0 Å². The Hall–Kier alpha value is -2.48. The second kappa shape index (κ2) is 8.08. The third-order valence-corrected chi connectivity index (χ3v) is 3.14. The number of carbonyl (C=O) groups is 2. The third-order valence-electron chi connectivity index (χ3n) is 3.14. The zero-order chi connectivity index (χ0) is 16.7. The molecule has 1 amide bonds. The summed E-state index contributed by atoms with van der Waals surface area (Å²) in [7, 11) is 1.42. The third kappa shape index (κ3) is 4.52. The van der Waals surface area contributed by atoms with E-state index < -0.39 is 22.8 Å². The standard InChI is InChI=1S/C14H18N2O6/c1-3-9-4-5-10(8-12(9)16(20)21)13(17)15-11(14(18)19)6-7-22-2/h4-5,8,11H,3,6-7H2,1-2H3,(H,15,17)(H,18,19). The first-order valence-corrected chi connectivity index (χ1v) is 6.70. The monoisotopic (exact) mass is 310 g/mol. The van der Waals surface area contributed by atoms with E-state index in [1.165, 1.54) is 19.2 Å². The lowest BCUT2D eigenvalue weighted by atomic mass is 10.1. The lowest BCUT2D eigenvalue weighted by Gasteiger charge is -2.14. The second-order valence-corrected chi connectivity index (χ2v) is 4.60. The highest BCUT2D eigenvalue weighted by molar-refractivity contribution is 5.97. The molecule has 8 nitrogen and oxygen atoms in total. The first kappa shape index (κ1) is 17.6. The minimum Gasteiger partial charge on any atom is -0.480 e. The number of carboxylic acids is 1. The molecule has 0 aromatic heterocycles. The second-order valence-electron chi connectivity index (χ2n) is 4.60. The summed E-state index contributed by atoms with van der Waals surface area (Å²) in [6, 6.07) is 2.98. The van der Waals surface area contributed by atoms with Gasteiger partial charge in [0.15, 0.2) is 0 Å². The van der Waals surface area contributed by atoms with Gasteiger partial charge in [0, 0.05) is 37.3 Å². The molecule has 1 atom stereocenters. The van der Waals surface area contributed by atoms with E-state index in [2.05, 4.69) is 5.32 Å². The highest BCUT2D eigenvalue weighted by atomic mass is 16.6. The van der Waals surface area contributed by atoms with Crippen molar-refractivity contribution in [1.82, 2.24) is 5.32 Å². The zero-order valence-electron chi connectivity index (χ0n) is 12.4. The van der Waals surface area contributed by atoms with Crippen molar-refractivity contribution in [1.29, 1.82) is 0 Å². The topological polar surface area (TPSA) is 119 Å². The quantitative estimate of drug-likeness (QED) is 0.553. The van der Waals surface area contributed by atoms with Crippen LogP contribution in [0.3, 0.4) is 0 Å². The maximum Gasteiger partial charge on any atom is 0.326 e. The van der Waals surface area contributed by atoms with Crippen molar-refractivity contribution in [3.63, 3.8) is 0 Å². The van der Waals surface area contributed by atoms with Crippen LogP contribution in [0, 0.1) is 10.1 Å². The minimum absolute atomic E-state index is 0.0487. The molecule has 1 aromatic rings. The van der Waals surface area contributed by atoms with Crippen LogP contribution in [-0.4, -0.2) is 41.7 Å². The fourth-order valence-corrected chi connectivity index (χ4v) is 1.91. The Bertz CT molecular complexity index is 572. The van der Waals surface area contributed by atoms with E-state index in [4.69, 9.17) is 9.84 Å². The predicted molar refractivity (Wildman–Crippen MR) is 77.9 cm³/mol. The Morgan fingerprint density at radius 1 is 1.45 bits per heavy atom. The number of rotatable bonds is 8. The maximum atomic E-state index is 12.1. The zero-order valence-corrected chi connectivity index (χ0v) is 12.4. The SMILES string of the molecule is CCc1ccc(C(=O)NC(CCOC)C(=O)O)cc1[N+](=O)[O-]. The van der Waals surface area contributed by atoms with Crippen molar-refractivity contribution in [3.05, 3.63) is 39.4 Å². The van der Waals surface area contributed by atoms with Crippen LogP contribution in [0.15, 0.2) is 18.2 Å². The van der Waals surface area contributed by atoms with Gasteiger partial charge in [-0.15, -0.1) is 0 Å². The van der Waals surface area contributed by atoms with Crippen LogP contribution in [0.5, 0.6) is 0 Å². The molecular formula is C14H18N2O6. The van der Waals surface area contributed by atoms with Gasteiger partial charge in [-0.25, -0.2) is 4.79 Å². The minimum atomic E-state index is -1.19. The average molecular weight is 310 g/mol. The lowest BCUT2D eigenvalue weighted by molar-refractivity contribution is -0.385. The van der Waals surface area contributed by atoms with Crippen molar-refractivity contribution >= 4 is 17.6 Å². The normalized spacial score (nSPS) is 11.7. The molecule has 0 aliphatic heterocycles. The number of hydrogen-bond donors (Lipinski definition) is 2. The number of aryl methyl sites for hydroxylation is 1. The molecule has 0 heterocycles. The summed E-state index contributed by atoms with van der Waals surface area (Å²) in [5.74, 6) is -1.86. The Labute approximate surface area is 127 Å². The summed E-state index contributed by atoms with van der Waals surface area (Å²) >= 11 is 0. The van der Waals surface area contributed by atoms with Crippen LogP contribution in [0.2, 0.25) is 0 Å². The summed E-state index contributed by atoms with van der Waals surface area (Å²) < 4.78 is 4.79. The van der Waals surface area contributed by atoms with Gasteiger partial charge < -0.3 is 15.2 Å². The molecule has 0 aliphatic rings. The Morgan fingerprint density at radius 2 is 2.14 bits per heavy atom. The van der Waals surface area contributed by atoms with Crippen LogP contribution in [0.1, 0.15) is 29.3 Å². The van der Waals surface area contributed by atoms with E-state index in [0.717, 1.165) is 6.07 Å². The maximum absolute atomic E-state index is 12.1. The summed E-state index contributed by atoms with van der Waals surface area (Å²) in [5.41, 5.74) is 0.405. The van der Waals surface area contributed by atoms with E-state index >= 15 is 0 Å². The fraction of sp³-hybridized carbons (Fsp3) is 0.429. The van der Waals surface area contributed by atoms with E-state index in [9.17, 15) is 19.7 Å². The summed E-state index contributed by atoms with van der Waals surface area (Å²) in [6.45, 7) is 1.94. The Morgan fingerprint density at radius 3 is 2.64 bits per heavy atom. The molecule has 120 valence electrons. The molecule has 0 saturated heterocycles. The van der Waals surface area contributed by atoms with Gasteiger partial charge in [-0.3, -0.25) is 14.9 Å². The number of ether oxygens (including phenoxy) is 1. The highest BCUT2D eigenvalue weighted by Crippen LogP contribution is 2.21. The number of nitro benzene ring substituents is 1. The molecule has 1 unspecified atom stereocenters. The first-order valence-electron chi connectivity index (χ1n) is 6.70. The largest absolute Gasteiger partial charge is 0.480 e. The van der Waals surface area contributed by atoms with Crippen LogP contribution >= 0.6 is 0 Å². The molecule has 2 N–H and O–H groups in total. The number of nitro groups is 1. The number of methoxy groups -OCH3 is 1. The predicted octanol–water partition coefficient (Wildman–Crippen LogP) is 1.38. The number of nitrogens with zero attached hydrogens (tertiary/aromatic N) is 1. The number of hydrogen-bond acceptors (Lipinski definition) is 5. The van der Waals surface area contributed by atoms with Gasteiger partial charge in [-0.05, 0) is 12.5 Å². The lowest BCUT2D eigenvalue weighted by Crippen LogP contribution is -2.41. The van der Waals surface area contributed by atoms with Crippen LogP contribution in [0.4, 0.5) is 5.69 Å². The van der Waals surface area contributed by atoms with Crippen LogP contribution < -0.4 is 5.32 Å². The van der Waals surface area contributed by atoms with Crippen molar-refractivity contribution in [2.24, 2.45) is 0 Å². The van der Waals surface area contributed by atoms with E-state index in [1.54, 1.807) is 6.92 Å². The van der Waals surface area contributed by atoms with Crippen molar-refractivity contribution in [2.75, 3.05) is 13.7 Å². The van der Waals surface area contributed by atoms with Gasteiger partial charge >= 0.3 is 5.97 Å². The number of nitrogens with one attached hydrogen (secondary N) is 1. The molecule has 0 saturated carbocycles. The summed E-state index contributed by atoms with van der Waals surface area (Å²) in [4.78, 5) is 33.6. The number of aliphatic carboxylic acids is 1. The Kier molecular flexibility index (Phi) is 6.46. The molecule has 0 bridgehead atoms. The molecule has 1 rings (SSSR count). The van der Waals surface area contributed by atoms with Gasteiger partial charge in [0.05, 0.1) is 4.92 Å². The number of carbonyl (C=O) groups excluding carboxylic acids is 1. The van der Waals surface area contributed by atoms with Crippen molar-refractivity contribution in [2.45, 2.75) is 25.8 Å². The number of amides is 1. The van der Waals surface area contributed by atoms with Gasteiger partial charge in [0.1, 0.15) is 6.04 Å². The van der Waals surface area contributed by atoms with E-state index in [0.29, 0.717) is 12.0 Å². The summed E-state index contributed by atoms with van der Waals surface area (Å²) in [5, 5.41) is 22.4. The molecule has 22 heavy (non-hydrogen) atoms. The number of carboxylic acid groups (broad SMARTS) is 1. The van der Waals surface area contributed by atoms with Crippen LogP contribution in [-0.2, 0) is 16.0 Å². The van der Waals surface area contributed by atoms with Crippen molar-refractivity contribution < 1.29 is 24.4 Å². The smallest absolute Gasteiger partial charge is 0.326 e.